The molecule has 10 nitrogen and oxygen atoms in total. The fourth-order valence-corrected chi connectivity index (χ4v) is 3.93. The van der Waals surface area contributed by atoms with E-state index in [0.717, 1.165) is 29.8 Å². The highest BCUT2D eigenvalue weighted by molar-refractivity contribution is 5.99. The van der Waals surface area contributed by atoms with Crippen LogP contribution in [0.4, 0.5) is 4.79 Å². The zero-order valence-electron chi connectivity index (χ0n) is 17.8. The van der Waals surface area contributed by atoms with Gasteiger partial charge in [-0.2, -0.15) is 0 Å². The molecule has 3 heterocycles. The minimum absolute atomic E-state index is 0.0412. The molecule has 0 bridgehead atoms. The second-order valence-corrected chi connectivity index (χ2v) is 8.11. The second kappa shape index (κ2) is 8.37. The molecule has 10 heteroatoms. The van der Waals surface area contributed by atoms with Gasteiger partial charge in [0, 0.05) is 42.2 Å². The molecular weight excluding hydrogens is 408 g/mol. The summed E-state index contributed by atoms with van der Waals surface area (Å²) in [6, 6.07) is -0.229. The van der Waals surface area contributed by atoms with Gasteiger partial charge in [0.15, 0.2) is 0 Å². The van der Waals surface area contributed by atoms with Crippen molar-refractivity contribution in [3.8, 4) is 0 Å². The molecule has 0 spiro atoms. The predicted molar refractivity (Wildman–Crippen MR) is 120 cm³/mol. The molecule has 1 aromatic rings. The number of hydrogen-bond donors (Lipinski definition) is 5. The van der Waals surface area contributed by atoms with Crippen molar-refractivity contribution in [2.75, 3.05) is 6.54 Å². The molecule has 2 unspecified atom stereocenters. The number of nitrogens with one attached hydrogen (secondary N) is 5. The number of allylic oxidation sites excluding steroid dienone is 2. The molecule has 5 rings (SSSR count). The molecule has 1 fully saturated rings. The number of carbonyl (C=O) groups is 2. The Labute approximate surface area is 185 Å². The van der Waals surface area contributed by atoms with Crippen molar-refractivity contribution in [1.82, 2.24) is 36.1 Å². The standard InChI is InChI=1S/C22H26N8O2/c1-2-23-22(32)29-21-27-17-10-14(9-15(19(17)28-21)16-5-3-4-8-24-16)30-11-18(25-12-30)20(31)26-13-6-7-13/h3-5,8-9,11-13,16-17,24H,2,6-7,10H2,1H3,(H,26,31)(H3,23,27,28,29,32). The minimum Gasteiger partial charge on any atom is -0.381 e. The van der Waals surface area contributed by atoms with E-state index in [1.807, 2.05) is 29.8 Å². The van der Waals surface area contributed by atoms with Gasteiger partial charge in [-0.05, 0) is 38.1 Å². The van der Waals surface area contributed by atoms with Gasteiger partial charge in [-0.25, -0.2) is 14.8 Å². The molecule has 32 heavy (non-hydrogen) atoms. The fraction of sp³-hybridized carbons (Fsp3) is 0.364. The van der Waals surface area contributed by atoms with Crippen LogP contribution in [0.15, 0.2) is 59.3 Å². The Morgan fingerprint density at radius 2 is 2.16 bits per heavy atom. The molecule has 2 aliphatic carbocycles. The molecular formula is C22H26N8O2. The van der Waals surface area contributed by atoms with Gasteiger partial charge < -0.3 is 25.8 Å². The van der Waals surface area contributed by atoms with Gasteiger partial charge in [0.25, 0.3) is 5.91 Å². The summed E-state index contributed by atoms with van der Waals surface area (Å²) in [7, 11) is 0. The number of fused-ring (bicyclic) bond motifs is 1. The highest BCUT2D eigenvalue weighted by atomic mass is 16.2. The number of aliphatic imine (C=N–C) groups is 1. The Morgan fingerprint density at radius 1 is 1.28 bits per heavy atom. The number of nitrogens with zero attached hydrogens (tertiary/aromatic N) is 3. The smallest absolute Gasteiger partial charge is 0.321 e. The van der Waals surface area contributed by atoms with E-state index in [2.05, 4.69) is 43.7 Å². The summed E-state index contributed by atoms with van der Waals surface area (Å²) in [4.78, 5) is 33.3. The summed E-state index contributed by atoms with van der Waals surface area (Å²) in [6.07, 6.45) is 16.1. The van der Waals surface area contributed by atoms with E-state index in [4.69, 9.17) is 4.99 Å². The maximum atomic E-state index is 12.4. The molecule has 1 saturated carbocycles. The van der Waals surface area contributed by atoms with Gasteiger partial charge in [0.1, 0.15) is 5.69 Å². The third-order valence-electron chi connectivity index (χ3n) is 5.66. The number of carbonyl (C=O) groups excluding carboxylic acids is 2. The SMILES string of the molecule is CCNC(=O)NC1=NC2CC(n3cnc(C(=O)NC4CC4)c3)=CC(C3C=CC=CN3)=C2N1. The average molecular weight is 435 g/mol. The van der Waals surface area contributed by atoms with Gasteiger partial charge in [-0.15, -0.1) is 0 Å². The number of rotatable bonds is 5. The van der Waals surface area contributed by atoms with Gasteiger partial charge in [0.05, 0.1) is 18.4 Å². The highest BCUT2D eigenvalue weighted by Gasteiger charge is 2.33. The van der Waals surface area contributed by atoms with Crippen molar-refractivity contribution in [3.63, 3.8) is 0 Å². The van der Waals surface area contributed by atoms with Crippen molar-refractivity contribution in [2.45, 2.75) is 44.3 Å². The van der Waals surface area contributed by atoms with E-state index in [9.17, 15) is 9.59 Å². The van der Waals surface area contributed by atoms with Gasteiger partial charge in [-0.1, -0.05) is 12.2 Å². The molecule has 166 valence electrons. The average Bonchev–Trinajstić information content (AvgIpc) is 3.30. The van der Waals surface area contributed by atoms with E-state index in [1.165, 1.54) is 0 Å². The molecule has 4 aliphatic rings. The maximum absolute atomic E-state index is 12.4. The van der Waals surface area contributed by atoms with E-state index in [1.54, 1.807) is 12.5 Å². The summed E-state index contributed by atoms with van der Waals surface area (Å²) >= 11 is 0. The van der Waals surface area contributed by atoms with Crippen molar-refractivity contribution in [1.29, 1.82) is 0 Å². The van der Waals surface area contributed by atoms with Crippen molar-refractivity contribution >= 4 is 23.6 Å². The predicted octanol–water partition coefficient (Wildman–Crippen LogP) is 0.963. The van der Waals surface area contributed by atoms with Crippen molar-refractivity contribution in [2.24, 2.45) is 4.99 Å². The molecule has 2 aliphatic heterocycles. The Kier molecular flexibility index (Phi) is 5.26. The highest BCUT2D eigenvalue weighted by Crippen LogP contribution is 2.33. The molecule has 5 N–H and O–H groups in total. The number of amides is 3. The summed E-state index contributed by atoms with van der Waals surface area (Å²) in [5.41, 5.74) is 3.34. The quantitative estimate of drug-likeness (QED) is 0.472. The van der Waals surface area contributed by atoms with Gasteiger partial charge in [0.2, 0.25) is 5.96 Å². The second-order valence-electron chi connectivity index (χ2n) is 8.11. The van der Waals surface area contributed by atoms with Crippen LogP contribution in [0.25, 0.3) is 5.70 Å². The monoisotopic (exact) mass is 434 g/mol. The van der Waals surface area contributed by atoms with Crippen LogP contribution in [0, 0.1) is 0 Å². The molecule has 2 atom stereocenters. The Hall–Kier alpha value is -3.82. The molecule has 3 amide bonds. The van der Waals surface area contributed by atoms with Gasteiger partial charge >= 0.3 is 6.03 Å². The summed E-state index contributed by atoms with van der Waals surface area (Å²) in [5.74, 6) is 0.281. The minimum atomic E-state index is -0.299. The lowest BCUT2D eigenvalue weighted by molar-refractivity contribution is 0.0946. The van der Waals surface area contributed by atoms with E-state index < -0.39 is 0 Å². The topological polar surface area (TPSA) is 124 Å². The molecule has 1 aromatic heterocycles. The van der Waals surface area contributed by atoms with Crippen LogP contribution < -0.4 is 26.6 Å². The third-order valence-corrected chi connectivity index (χ3v) is 5.66. The van der Waals surface area contributed by atoms with E-state index in [-0.39, 0.29) is 30.1 Å². The van der Waals surface area contributed by atoms with E-state index in [0.29, 0.717) is 24.6 Å². The number of urea groups is 1. The Morgan fingerprint density at radius 3 is 2.91 bits per heavy atom. The largest absolute Gasteiger partial charge is 0.381 e. The molecule has 0 radical (unpaired) electrons. The van der Waals surface area contributed by atoms with Gasteiger partial charge in [-0.3, -0.25) is 10.1 Å². The number of aromatic nitrogens is 2. The van der Waals surface area contributed by atoms with Crippen LogP contribution in [0.3, 0.4) is 0 Å². The van der Waals surface area contributed by atoms with E-state index >= 15 is 0 Å². The molecule has 0 saturated heterocycles. The normalized spacial score (nSPS) is 23.5. The third kappa shape index (κ3) is 4.16. The lowest BCUT2D eigenvalue weighted by Gasteiger charge is -2.27. The summed E-state index contributed by atoms with van der Waals surface area (Å²) < 4.78 is 1.88. The first-order chi connectivity index (χ1) is 15.6. The lowest BCUT2D eigenvalue weighted by atomic mass is 9.91. The van der Waals surface area contributed by atoms with Crippen LogP contribution in [0.5, 0.6) is 0 Å². The molecule has 0 aromatic carbocycles. The maximum Gasteiger partial charge on any atom is 0.321 e. The fourth-order valence-electron chi connectivity index (χ4n) is 3.93. The summed E-state index contributed by atoms with van der Waals surface area (Å²) in [5, 5.41) is 15.1. The van der Waals surface area contributed by atoms with Crippen molar-refractivity contribution in [3.05, 3.63) is 60.0 Å². The number of guanidine groups is 1. The Bertz CT molecular complexity index is 1090. The van der Waals surface area contributed by atoms with Crippen LogP contribution in [-0.2, 0) is 0 Å². The first-order valence-electron chi connectivity index (χ1n) is 10.9. The van der Waals surface area contributed by atoms with Crippen LogP contribution in [0.2, 0.25) is 0 Å². The van der Waals surface area contributed by atoms with Crippen LogP contribution in [-0.4, -0.2) is 52.1 Å². The van der Waals surface area contributed by atoms with Crippen LogP contribution >= 0.6 is 0 Å². The first-order valence-corrected chi connectivity index (χ1v) is 10.9. The lowest BCUT2D eigenvalue weighted by Crippen LogP contribution is -2.44. The number of dihydropyridines is 1. The number of imidazole rings is 1. The Balaban J connectivity index is 1.41. The zero-order valence-corrected chi connectivity index (χ0v) is 17.8. The van der Waals surface area contributed by atoms with Crippen LogP contribution in [0.1, 0.15) is 36.7 Å². The first kappa shape index (κ1) is 20.1. The van der Waals surface area contributed by atoms with Crippen molar-refractivity contribution < 1.29 is 9.59 Å². The number of hydrogen-bond acceptors (Lipinski definition) is 6. The summed E-state index contributed by atoms with van der Waals surface area (Å²) in [6.45, 7) is 2.39. The zero-order chi connectivity index (χ0) is 22.1.